The van der Waals surface area contributed by atoms with E-state index in [0.717, 1.165) is 13.0 Å². The van der Waals surface area contributed by atoms with E-state index in [4.69, 9.17) is 10.9 Å². The molecule has 1 fully saturated rings. The van der Waals surface area contributed by atoms with Gasteiger partial charge in [-0.1, -0.05) is 5.16 Å². The average molecular weight is 217 g/mol. The van der Waals surface area contributed by atoms with Gasteiger partial charge in [0.25, 0.3) is 0 Å². The average Bonchev–Trinajstić information content (AvgIpc) is 2.20. The molecule has 0 amide bonds. The zero-order chi connectivity index (χ0) is 10.4. The van der Waals surface area contributed by atoms with Gasteiger partial charge in [0.05, 0.1) is 0 Å². The molecule has 3 N–H and O–H groups in total. The van der Waals surface area contributed by atoms with Gasteiger partial charge in [0.1, 0.15) is 5.84 Å². The van der Waals surface area contributed by atoms with Crippen LogP contribution in [-0.4, -0.2) is 46.6 Å². The lowest BCUT2D eigenvalue weighted by atomic mass is 10.2. The zero-order valence-corrected chi connectivity index (χ0v) is 9.46. The van der Waals surface area contributed by atoms with Crippen LogP contribution in [-0.2, 0) is 0 Å². The summed E-state index contributed by atoms with van der Waals surface area (Å²) in [4.78, 5) is 2.47. The van der Waals surface area contributed by atoms with Crippen LogP contribution in [0.5, 0.6) is 0 Å². The van der Waals surface area contributed by atoms with E-state index in [9.17, 15) is 0 Å². The fourth-order valence-electron chi connectivity index (χ4n) is 1.61. The molecule has 82 valence electrons. The minimum atomic E-state index is 0.337. The van der Waals surface area contributed by atoms with Gasteiger partial charge < -0.3 is 10.9 Å². The predicted molar refractivity (Wildman–Crippen MR) is 61.0 cm³/mol. The summed E-state index contributed by atoms with van der Waals surface area (Å²) in [6, 6.07) is 0.668. The van der Waals surface area contributed by atoms with Crippen LogP contribution in [0.4, 0.5) is 0 Å². The highest BCUT2D eigenvalue weighted by atomic mass is 32.2. The molecule has 0 aromatic carbocycles. The van der Waals surface area contributed by atoms with Crippen LogP contribution in [0.2, 0.25) is 0 Å². The van der Waals surface area contributed by atoms with E-state index in [1.54, 1.807) is 0 Å². The van der Waals surface area contributed by atoms with Crippen molar-refractivity contribution in [1.29, 1.82) is 0 Å². The first-order valence-corrected chi connectivity index (χ1v) is 6.17. The molecule has 1 unspecified atom stereocenters. The predicted octanol–water partition coefficient (Wildman–Crippen LogP) is 0.950. The van der Waals surface area contributed by atoms with Crippen molar-refractivity contribution in [2.45, 2.75) is 25.8 Å². The Morgan fingerprint density at radius 1 is 1.71 bits per heavy atom. The normalized spacial score (nSPS) is 25.2. The molecule has 1 aliphatic heterocycles. The summed E-state index contributed by atoms with van der Waals surface area (Å²) < 4.78 is 0. The lowest BCUT2D eigenvalue weighted by Gasteiger charge is -2.32. The van der Waals surface area contributed by atoms with Gasteiger partial charge in [0, 0.05) is 30.5 Å². The Hall–Kier alpha value is -0.420. The van der Waals surface area contributed by atoms with Crippen molar-refractivity contribution in [2.75, 3.05) is 24.6 Å². The molecule has 0 bridgehead atoms. The topological polar surface area (TPSA) is 61.8 Å². The van der Waals surface area contributed by atoms with E-state index >= 15 is 0 Å². The highest BCUT2D eigenvalue weighted by Crippen LogP contribution is 2.16. The van der Waals surface area contributed by atoms with Crippen LogP contribution in [0.1, 0.15) is 19.8 Å². The van der Waals surface area contributed by atoms with Crippen molar-refractivity contribution in [3.63, 3.8) is 0 Å². The maximum absolute atomic E-state index is 8.37. The molecular weight excluding hydrogens is 198 g/mol. The molecule has 1 heterocycles. The number of hydrogen-bond acceptors (Lipinski definition) is 4. The molecule has 0 saturated carbocycles. The number of rotatable bonds is 4. The first kappa shape index (κ1) is 11.7. The number of thioether (sulfide) groups is 1. The zero-order valence-electron chi connectivity index (χ0n) is 8.65. The molecule has 1 aliphatic rings. The van der Waals surface area contributed by atoms with E-state index in [1.807, 2.05) is 11.8 Å². The van der Waals surface area contributed by atoms with Crippen molar-refractivity contribution < 1.29 is 5.21 Å². The van der Waals surface area contributed by atoms with Crippen LogP contribution >= 0.6 is 11.8 Å². The largest absolute Gasteiger partial charge is 0.409 e. The van der Waals surface area contributed by atoms with Gasteiger partial charge >= 0.3 is 0 Å². The van der Waals surface area contributed by atoms with E-state index in [2.05, 4.69) is 17.0 Å². The Labute approximate surface area is 89.5 Å². The van der Waals surface area contributed by atoms with Gasteiger partial charge in [0.2, 0.25) is 0 Å². The first-order valence-electron chi connectivity index (χ1n) is 5.02. The Kier molecular flexibility index (Phi) is 5.11. The first-order chi connectivity index (χ1) is 6.74. The molecule has 0 aromatic rings. The molecule has 0 aliphatic carbocycles. The minimum Gasteiger partial charge on any atom is -0.409 e. The van der Waals surface area contributed by atoms with Gasteiger partial charge in [0.15, 0.2) is 0 Å². The number of nitrogens with two attached hydrogens (primary N) is 1. The van der Waals surface area contributed by atoms with Crippen molar-refractivity contribution in [3.05, 3.63) is 0 Å². The van der Waals surface area contributed by atoms with Crippen LogP contribution in [0, 0.1) is 0 Å². The van der Waals surface area contributed by atoms with Gasteiger partial charge in [-0.05, 0) is 19.9 Å². The maximum atomic E-state index is 8.37. The molecule has 1 atom stereocenters. The van der Waals surface area contributed by atoms with E-state index in [1.165, 1.54) is 18.1 Å². The van der Waals surface area contributed by atoms with Crippen LogP contribution in [0.25, 0.3) is 0 Å². The maximum Gasteiger partial charge on any atom is 0.139 e. The summed E-state index contributed by atoms with van der Waals surface area (Å²) in [7, 11) is 0. The fourth-order valence-corrected chi connectivity index (χ4v) is 2.69. The van der Waals surface area contributed by atoms with E-state index < -0.39 is 0 Å². The Bertz CT molecular complexity index is 198. The fraction of sp³-hybridized carbons (Fsp3) is 0.889. The standard InChI is InChI=1S/C9H19N3OS/c1-8-7-14-6-5-12(8)4-2-3-9(10)11-13/h8,13H,2-7H2,1H3,(H2,10,11). The summed E-state index contributed by atoms with van der Waals surface area (Å²) in [5, 5.41) is 11.3. The Morgan fingerprint density at radius 2 is 2.50 bits per heavy atom. The Morgan fingerprint density at radius 3 is 3.14 bits per heavy atom. The Balaban J connectivity index is 2.16. The summed E-state index contributed by atoms with van der Waals surface area (Å²) in [5.74, 6) is 2.79. The quantitative estimate of drug-likeness (QED) is 0.318. The molecule has 1 rings (SSSR count). The smallest absolute Gasteiger partial charge is 0.139 e. The number of oxime groups is 1. The molecule has 5 heteroatoms. The monoisotopic (exact) mass is 217 g/mol. The molecule has 4 nitrogen and oxygen atoms in total. The van der Waals surface area contributed by atoms with Crippen molar-refractivity contribution >= 4 is 17.6 Å². The van der Waals surface area contributed by atoms with Crippen LogP contribution < -0.4 is 5.73 Å². The van der Waals surface area contributed by atoms with Crippen molar-refractivity contribution in [1.82, 2.24) is 4.90 Å². The molecule has 0 aromatic heterocycles. The lowest BCUT2D eigenvalue weighted by molar-refractivity contribution is 0.231. The second-order valence-electron chi connectivity index (χ2n) is 3.65. The third-order valence-corrected chi connectivity index (χ3v) is 3.70. The van der Waals surface area contributed by atoms with Crippen LogP contribution in [0.3, 0.4) is 0 Å². The van der Waals surface area contributed by atoms with Crippen molar-refractivity contribution in [3.8, 4) is 0 Å². The highest BCUT2D eigenvalue weighted by molar-refractivity contribution is 7.99. The third-order valence-electron chi connectivity index (χ3n) is 2.51. The van der Waals surface area contributed by atoms with Gasteiger partial charge in [-0.25, -0.2) is 0 Å². The molecule has 0 spiro atoms. The van der Waals surface area contributed by atoms with Gasteiger partial charge in [-0.15, -0.1) is 0 Å². The molecule has 14 heavy (non-hydrogen) atoms. The minimum absolute atomic E-state index is 0.337. The lowest BCUT2D eigenvalue weighted by Crippen LogP contribution is -2.41. The molecular formula is C9H19N3OS. The summed E-state index contributed by atoms with van der Waals surface area (Å²) in [6.07, 6.45) is 1.66. The van der Waals surface area contributed by atoms with Gasteiger partial charge in [-0.3, -0.25) is 4.90 Å². The number of amidine groups is 1. The second kappa shape index (κ2) is 6.14. The van der Waals surface area contributed by atoms with Crippen molar-refractivity contribution in [2.24, 2.45) is 10.9 Å². The SMILES string of the molecule is CC1CSCCN1CCCC(N)=NO. The molecule has 1 saturated heterocycles. The van der Waals surface area contributed by atoms with E-state index in [-0.39, 0.29) is 0 Å². The number of hydrogen-bond donors (Lipinski definition) is 2. The second-order valence-corrected chi connectivity index (χ2v) is 4.80. The van der Waals surface area contributed by atoms with Crippen LogP contribution in [0.15, 0.2) is 5.16 Å². The highest BCUT2D eigenvalue weighted by Gasteiger charge is 2.17. The summed E-state index contributed by atoms with van der Waals surface area (Å²) in [5.41, 5.74) is 5.40. The summed E-state index contributed by atoms with van der Waals surface area (Å²) in [6.45, 7) is 4.48. The van der Waals surface area contributed by atoms with Gasteiger partial charge in [-0.2, -0.15) is 11.8 Å². The summed E-state index contributed by atoms with van der Waals surface area (Å²) >= 11 is 2.02. The third kappa shape index (κ3) is 3.75. The van der Waals surface area contributed by atoms with E-state index in [0.29, 0.717) is 18.3 Å². The molecule has 0 radical (unpaired) electrons. The number of nitrogens with zero attached hydrogens (tertiary/aromatic N) is 2.